The Bertz CT molecular complexity index is 200. The average molecular weight is 202 g/mol. The molecule has 82 valence electrons. The van der Waals surface area contributed by atoms with Gasteiger partial charge < -0.3 is 20.8 Å². The number of carbonyl (C=O) groups is 1. The molecule has 1 amide bonds. The number of hydrogen-bond donors (Lipinski definition) is 3. The maximum atomic E-state index is 11.7. The second kappa shape index (κ2) is 4.72. The molecule has 0 spiro atoms. The van der Waals surface area contributed by atoms with Gasteiger partial charge in [0.15, 0.2) is 0 Å². The van der Waals surface area contributed by atoms with Crippen LogP contribution in [-0.2, 0) is 4.79 Å². The van der Waals surface area contributed by atoms with Crippen LogP contribution in [0.25, 0.3) is 0 Å². The second-order valence-electron chi connectivity index (χ2n) is 3.86. The van der Waals surface area contributed by atoms with Crippen molar-refractivity contribution >= 4 is 5.91 Å². The molecule has 1 aliphatic heterocycles. The summed E-state index contributed by atoms with van der Waals surface area (Å²) in [6, 6.07) is 0. The van der Waals surface area contributed by atoms with Crippen molar-refractivity contribution in [2.24, 2.45) is 11.7 Å². The molecule has 1 saturated heterocycles. The highest BCUT2D eigenvalue weighted by Gasteiger charge is 2.33. The minimum absolute atomic E-state index is 0.0361. The Morgan fingerprint density at radius 3 is 2.43 bits per heavy atom. The molecule has 5 heteroatoms. The number of amides is 1. The summed E-state index contributed by atoms with van der Waals surface area (Å²) in [6.45, 7) is 2.75. The number of aliphatic hydroxyl groups excluding tert-OH is 2. The highest BCUT2D eigenvalue weighted by molar-refractivity contribution is 5.78. The SMILES string of the molecule is CC(CCN)C(=O)N1C[C@@H](O)[C@@H](O)C1. The molecule has 0 aromatic rings. The number of β-amino-alcohol motifs (C(OH)–C–C–N with tert-alkyl or cyclic N) is 2. The van der Waals surface area contributed by atoms with Gasteiger partial charge in [-0.3, -0.25) is 4.79 Å². The van der Waals surface area contributed by atoms with Crippen LogP contribution >= 0.6 is 0 Å². The van der Waals surface area contributed by atoms with Crippen molar-refractivity contribution in [1.29, 1.82) is 0 Å². The van der Waals surface area contributed by atoms with E-state index in [9.17, 15) is 15.0 Å². The normalized spacial score (nSPS) is 29.3. The summed E-state index contributed by atoms with van der Waals surface area (Å²) in [5, 5.41) is 18.5. The van der Waals surface area contributed by atoms with E-state index in [4.69, 9.17) is 5.73 Å². The van der Waals surface area contributed by atoms with Gasteiger partial charge in [0.25, 0.3) is 0 Å². The molecule has 0 aliphatic carbocycles. The number of nitrogens with two attached hydrogens (primary N) is 1. The standard InChI is InChI=1S/C9H18N2O3/c1-6(2-3-10)9(14)11-4-7(12)8(13)5-11/h6-8,12-13H,2-5,10H2,1H3/t6?,7-,8+. The average Bonchev–Trinajstić information content (AvgIpc) is 2.46. The number of nitrogens with zero attached hydrogens (tertiary/aromatic N) is 1. The van der Waals surface area contributed by atoms with Crippen molar-refractivity contribution in [3.63, 3.8) is 0 Å². The summed E-state index contributed by atoms with van der Waals surface area (Å²) >= 11 is 0. The van der Waals surface area contributed by atoms with Crippen LogP contribution in [0.3, 0.4) is 0 Å². The van der Waals surface area contributed by atoms with E-state index in [1.54, 1.807) is 0 Å². The van der Waals surface area contributed by atoms with Crippen LogP contribution in [0.5, 0.6) is 0 Å². The van der Waals surface area contributed by atoms with Gasteiger partial charge >= 0.3 is 0 Å². The van der Waals surface area contributed by atoms with Gasteiger partial charge in [-0.05, 0) is 13.0 Å². The first-order valence-corrected chi connectivity index (χ1v) is 4.91. The molecule has 3 atom stereocenters. The van der Waals surface area contributed by atoms with E-state index in [0.29, 0.717) is 13.0 Å². The van der Waals surface area contributed by atoms with Crippen molar-refractivity contribution in [1.82, 2.24) is 4.90 Å². The summed E-state index contributed by atoms with van der Waals surface area (Å²) in [5.74, 6) is -0.163. The molecule has 0 radical (unpaired) electrons. The molecular formula is C9H18N2O3. The zero-order chi connectivity index (χ0) is 10.7. The fourth-order valence-corrected chi connectivity index (χ4v) is 1.63. The van der Waals surface area contributed by atoms with Gasteiger partial charge in [0, 0.05) is 19.0 Å². The zero-order valence-electron chi connectivity index (χ0n) is 8.39. The Morgan fingerprint density at radius 1 is 1.50 bits per heavy atom. The molecule has 5 nitrogen and oxygen atoms in total. The topological polar surface area (TPSA) is 86.8 Å². The Kier molecular flexibility index (Phi) is 3.86. The summed E-state index contributed by atoms with van der Waals surface area (Å²) in [6.07, 6.45) is -0.963. The maximum Gasteiger partial charge on any atom is 0.225 e. The van der Waals surface area contributed by atoms with Crippen LogP contribution in [0.1, 0.15) is 13.3 Å². The quantitative estimate of drug-likeness (QED) is 0.522. The van der Waals surface area contributed by atoms with E-state index < -0.39 is 12.2 Å². The molecule has 14 heavy (non-hydrogen) atoms. The lowest BCUT2D eigenvalue weighted by Gasteiger charge is -2.19. The van der Waals surface area contributed by atoms with Crippen molar-refractivity contribution in [3.05, 3.63) is 0 Å². The van der Waals surface area contributed by atoms with Crippen LogP contribution in [-0.4, -0.2) is 52.9 Å². The molecule has 0 bridgehead atoms. The Morgan fingerprint density at radius 2 is 2.00 bits per heavy atom. The predicted molar refractivity (Wildman–Crippen MR) is 51.4 cm³/mol. The fourth-order valence-electron chi connectivity index (χ4n) is 1.63. The van der Waals surface area contributed by atoms with E-state index in [1.807, 2.05) is 6.92 Å². The van der Waals surface area contributed by atoms with E-state index in [-0.39, 0.29) is 24.9 Å². The molecule has 1 aliphatic rings. The van der Waals surface area contributed by atoms with Crippen molar-refractivity contribution in [3.8, 4) is 0 Å². The molecule has 1 fully saturated rings. The minimum atomic E-state index is -0.802. The van der Waals surface area contributed by atoms with Crippen molar-refractivity contribution in [2.75, 3.05) is 19.6 Å². The monoisotopic (exact) mass is 202 g/mol. The van der Waals surface area contributed by atoms with E-state index in [0.717, 1.165) is 0 Å². The zero-order valence-corrected chi connectivity index (χ0v) is 8.39. The van der Waals surface area contributed by atoms with Gasteiger partial charge in [0.2, 0.25) is 5.91 Å². The predicted octanol–water partition coefficient (Wildman–Crippen LogP) is -1.46. The number of aliphatic hydroxyl groups is 2. The van der Waals surface area contributed by atoms with Crippen LogP contribution < -0.4 is 5.73 Å². The molecule has 0 saturated carbocycles. The van der Waals surface area contributed by atoms with Gasteiger partial charge in [0.1, 0.15) is 0 Å². The van der Waals surface area contributed by atoms with Gasteiger partial charge in [-0.1, -0.05) is 6.92 Å². The number of likely N-dealkylation sites (tertiary alicyclic amines) is 1. The van der Waals surface area contributed by atoms with Crippen LogP contribution in [0.2, 0.25) is 0 Å². The highest BCUT2D eigenvalue weighted by atomic mass is 16.3. The lowest BCUT2D eigenvalue weighted by atomic mass is 10.1. The first-order valence-electron chi connectivity index (χ1n) is 4.91. The van der Waals surface area contributed by atoms with Gasteiger partial charge in [-0.25, -0.2) is 0 Å². The van der Waals surface area contributed by atoms with E-state index in [1.165, 1.54) is 4.90 Å². The summed E-state index contributed by atoms with van der Waals surface area (Å²) in [4.78, 5) is 13.2. The summed E-state index contributed by atoms with van der Waals surface area (Å²) < 4.78 is 0. The number of carbonyl (C=O) groups excluding carboxylic acids is 1. The van der Waals surface area contributed by atoms with E-state index in [2.05, 4.69) is 0 Å². The number of rotatable bonds is 3. The maximum absolute atomic E-state index is 11.7. The van der Waals surface area contributed by atoms with Crippen molar-refractivity contribution < 1.29 is 15.0 Å². The Balaban J connectivity index is 2.46. The summed E-state index contributed by atoms with van der Waals surface area (Å²) in [7, 11) is 0. The van der Waals surface area contributed by atoms with Crippen LogP contribution in [0.4, 0.5) is 0 Å². The first kappa shape index (κ1) is 11.4. The Labute approximate surface area is 83.5 Å². The van der Waals surface area contributed by atoms with Crippen LogP contribution in [0, 0.1) is 5.92 Å². The molecule has 0 aromatic carbocycles. The molecule has 1 rings (SSSR count). The lowest BCUT2D eigenvalue weighted by molar-refractivity contribution is -0.134. The minimum Gasteiger partial charge on any atom is -0.388 e. The van der Waals surface area contributed by atoms with Gasteiger partial charge in [0.05, 0.1) is 12.2 Å². The largest absolute Gasteiger partial charge is 0.388 e. The second-order valence-corrected chi connectivity index (χ2v) is 3.86. The van der Waals surface area contributed by atoms with Gasteiger partial charge in [-0.2, -0.15) is 0 Å². The fraction of sp³-hybridized carbons (Fsp3) is 0.889. The van der Waals surface area contributed by atoms with E-state index >= 15 is 0 Å². The molecule has 1 unspecified atom stereocenters. The molecule has 4 N–H and O–H groups in total. The molecule has 1 heterocycles. The smallest absolute Gasteiger partial charge is 0.225 e. The highest BCUT2D eigenvalue weighted by Crippen LogP contribution is 2.14. The van der Waals surface area contributed by atoms with Crippen molar-refractivity contribution in [2.45, 2.75) is 25.6 Å². The number of hydrogen-bond acceptors (Lipinski definition) is 4. The Hall–Kier alpha value is -0.650. The third-order valence-electron chi connectivity index (χ3n) is 2.59. The van der Waals surface area contributed by atoms with Crippen LogP contribution in [0.15, 0.2) is 0 Å². The van der Waals surface area contributed by atoms with Gasteiger partial charge in [-0.15, -0.1) is 0 Å². The summed E-state index contributed by atoms with van der Waals surface area (Å²) in [5.41, 5.74) is 5.35. The lowest BCUT2D eigenvalue weighted by Crippen LogP contribution is -2.35. The third-order valence-corrected chi connectivity index (χ3v) is 2.59. The molecule has 0 aromatic heterocycles. The molecular weight excluding hydrogens is 184 g/mol. The first-order chi connectivity index (χ1) is 6.56. The third kappa shape index (κ3) is 2.43.